The molecule has 0 radical (unpaired) electrons. The van der Waals surface area contributed by atoms with Gasteiger partial charge >= 0.3 is 11.9 Å². The molecule has 0 amide bonds. The first kappa shape index (κ1) is 26.0. The lowest BCUT2D eigenvalue weighted by Gasteiger charge is -2.13. The molecule has 0 aliphatic carbocycles. The Kier molecular flexibility index (Phi) is 14.5. The maximum absolute atomic E-state index is 11.4. The topological polar surface area (TPSA) is 72.8 Å². The van der Waals surface area contributed by atoms with Crippen molar-refractivity contribution >= 4 is 11.9 Å². The molecular formula is C25H40O5. The van der Waals surface area contributed by atoms with E-state index in [0.717, 1.165) is 19.3 Å². The zero-order valence-electron chi connectivity index (χ0n) is 18.9. The van der Waals surface area contributed by atoms with Crippen LogP contribution in [0, 0.1) is 0 Å². The number of carboxylic acids is 1. The van der Waals surface area contributed by atoms with Gasteiger partial charge in [0.25, 0.3) is 0 Å². The average Bonchev–Trinajstić information content (AvgIpc) is 2.71. The predicted octanol–water partition coefficient (Wildman–Crippen LogP) is 7.17. The molecule has 0 bridgehead atoms. The van der Waals surface area contributed by atoms with E-state index in [2.05, 4.69) is 6.92 Å². The van der Waals surface area contributed by atoms with Crippen molar-refractivity contribution in [1.82, 2.24) is 0 Å². The lowest BCUT2D eigenvalue weighted by Crippen LogP contribution is -2.09. The van der Waals surface area contributed by atoms with Gasteiger partial charge in [0, 0.05) is 6.92 Å². The van der Waals surface area contributed by atoms with Gasteiger partial charge in [0.15, 0.2) is 11.5 Å². The van der Waals surface area contributed by atoms with E-state index in [9.17, 15) is 14.7 Å². The molecule has 0 saturated carbocycles. The van der Waals surface area contributed by atoms with Crippen molar-refractivity contribution in [2.75, 3.05) is 6.61 Å². The van der Waals surface area contributed by atoms with Crippen molar-refractivity contribution < 1.29 is 24.2 Å². The van der Waals surface area contributed by atoms with Crippen molar-refractivity contribution in [1.29, 1.82) is 0 Å². The minimum Gasteiger partial charge on any atom is -0.489 e. The summed E-state index contributed by atoms with van der Waals surface area (Å²) in [6.45, 7) is 3.95. The number of esters is 1. The number of carboxylic acid groups (broad SMARTS) is 1. The molecule has 1 aromatic carbocycles. The minimum atomic E-state index is -1.10. The molecule has 1 rings (SSSR count). The number of hydrogen-bond acceptors (Lipinski definition) is 4. The van der Waals surface area contributed by atoms with Crippen LogP contribution in [0.3, 0.4) is 0 Å². The number of rotatable bonds is 18. The van der Waals surface area contributed by atoms with Crippen LogP contribution in [-0.2, 0) is 4.79 Å². The second-order valence-electron chi connectivity index (χ2n) is 7.98. The summed E-state index contributed by atoms with van der Waals surface area (Å²) in [4.78, 5) is 22.6. The van der Waals surface area contributed by atoms with Crippen molar-refractivity contribution in [2.45, 2.75) is 104 Å². The van der Waals surface area contributed by atoms with Crippen molar-refractivity contribution in [2.24, 2.45) is 0 Å². The first-order chi connectivity index (χ1) is 14.6. The summed E-state index contributed by atoms with van der Waals surface area (Å²) >= 11 is 0. The molecule has 30 heavy (non-hydrogen) atoms. The van der Waals surface area contributed by atoms with Crippen LogP contribution in [-0.4, -0.2) is 23.7 Å². The van der Waals surface area contributed by atoms with Gasteiger partial charge in [-0.15, -0.1) is 0 Å². The number of unbranched alkanes of at least 4 members (excludes halogenated alkanes) is 13. The van der Waals surface area contributed by atoms with E-state index in [1.54, 1.807) is 12.1 Å². The normalized spacial score (nSPS) is 10.7. The van der Waals surface area contributed by atoms with Crippen LogP contribution in [0.5, 0.6) is 11.5 Å². The smallest absolute Gasteiger partial charge is 0.339 e. The summed E-state index contributed by atoms with van der Waals surface area (Å²) in [7, 11) is 0. The van der Waals surface area contributed by atoms with Gasteiger partial charge in [0.1, 0.15) is 5.56 Å². The Morgan fingerprint density at radius 1 is 0.800 bits per heavy atom. The molecule has 170 valence electrons. The third kappa shape index (κ3) is 11.8. The molecule has 0 aromatic heterocycles. The van der Waals surface area contributed by atoms with Gasteiger partial charge in [-0.2, -0.15) is 0 Å². The number of hydrogen-bond donors (Lipinski definition) is 1. The Labute approximate surface area is 182 Å². The minimum absolute atomic E-state index is 0.0131. The zero-order valence-corrected chi connectivity index (χ0v) is 18.9. The summed E-state index contributed by atoms with van der Waals surface area (Å²) in [5.74, 6) is -1.30. The fourth-order valence-electron chi connectivity index (χ4n) is 3.54. The number of ether oxygens (including phenoxy) is 2. The highest BCUT2D eigenvalue weighted by atomic mass is 16.6. The van der Waals surface area contributed by atoms with E-state index in [0.29, 0.717) is 6.61 Å². The van der Waals surface area contributed by atoms with Gasteiger partial charge in [-0.1, -0.05) is 96.5 Å². The molecule has 5 heteroatoms. The standard InChI is InChI=1S/C25H40O5/c1-3-4-5-6-7-8-9-10-11-12-13-14-15-16-20-29-24-22(25(27)28)18-17-19-23(24)30-21(2)26/h17-19H,3-16,20H2,1-2H3,(H,27,28). The van der Waals surface area contributed by atoms with Gasteiger partial charge in [-0.25, -0.2) is 4.79 Å². The third-order valence-electron chi connectivity index (χ3n) is 5.21. The Balaban J connectivity index is 2.12. The monoisotopic (exact) mass is 420 g/mol. The fraction of sp³-hybridized carbons (Fsp3) is 0.680. The van der Waals surface area contributed by atoms with E-state index < -0.39 is 11.9 Å². The Bertz CT molecular complexity index is 612. The van der Waals surface area contributed by atoms with Crippen LogP contribution in [0.2, 0.25) is 0 Å². The Hall–Kier alpha value is -2.04. The molecular weight excluding hydrogens is 380 g/mol. The molecule has 0 atom stereocenters. The number of para-hydroxylation sites is 1. The molecule has 0 fully saturated rings. The molecule has 0 heterocycles. The summed E-state index contributed by atoms with van der Waals surface area (Å²) in [6, 6.07) is 4.55. The van der Waals surface area contributed by atoms with Crippen molar-refractivity contribution in [3.63, 3.8) is 0 Å². The van der Waals surface area contributed by atoms with Gasteiger partial charge in [0.2, 0.25) is 0 Å². The molecule has 0 aliphatic rings. The van der Waals surface area contributed by atoms with Gasteiger partial charge in [-0.05, 0) is 18.6 Å². The van der Waals surface area contributed by atoms with E-state index in [1.807, 2.05) is 0 Å². The van der Waals surface area contributed by atoms with Crippen LogP contribution in [0.15, 0.2) is 18.2 Å². The lowest BCUT2D eigenvalue weighted by molar-refractivity contribution is -0.132. The summed E-state index contributed by atoms with van der Waals surface area (Å²) in [6.07, 6.45) is 17.9. The Morgan fingerprint density at radius 2 is 1.30 bits per heavy atom. The fourth-order valence-corrected chi connectivity index (χ4v) is 3.54. The summed E-state index contributed by atoms with van der Waals surface area (Å²) in [5.41, 5.74) is 0.0131. The van der Waals surface area contributed by atoms with Gasteiger partial charge in [-0.3, -0.25) is 4.79 Å². The molecule has 1 N–H and O–H groups in total. The zero-order chi connectivity index (χ0) is 22.0. The van der Waals surface area contributed by atoms with E-state index in [-0.39, 0.29) is 17.1 Å². The average molecular weight is 421 g/mol. The predicted molar refractivity (Wildman–Crippen MR) is 121 cm³/mol. The first-order valence-electron chi connectivity index (χ1n) is 11.7. The second-order valence-corrected chi connectivity index (χ2v) is 7.98. The highest BCUT2D eigenvalue weighted by Gasteiger charge is 2.17. The first-order valence-corrected chi connectivity index (χ1v) is 11.7. The maximum Gasteiger partial charge on any atom is 0.339 e. The quantitative estimate of drug-likeness (QED) is 0.155. The number of aromatic carboxylic acids is 1. The second kappa shape index (κ2) is 16.7. The van der Waals surface area contributed by atoms with Crippen LogP contribution < -0.4 is 9.47 Å². The number of benzene rings is 1. The third-order valence-corrected chi connectivity index (χ3v) is 5.21. The lowest BCUT2D eigenvalue weighted by atomic mass is 10.0. The van der Waals surface area contributed by atoms with Gasteiger partial charge < -0.3 is 14.6 Å². The van der Waals surface area contributed by atoms with Crippen LogP contribution in [0.25, 0.3) is 0 Å². The number of carbonyl (C=O) groups is 2. The van der Waals surface area contributed by atoms with Crippen LogP contribution >= 0.6 is 0 Å². The maximum atomic E-state index is 11.4. The Morgan fingerprint density at radius 3 is 1.77 bits per heavy atom. The summed E-state index contributed by atoms with van der Waals surface area (Å²) < 4.78 is 10.8. The number of carbonyl (C=O) groups excluding carboxylic acids is 1. The van der Waals surface area contributed by atoms with E-state index in [1.165, 1.54) is 83.6 Å². The van der Waals surface area contributed by atoms with Gasteiger partial charge in [0.05, 0.1) is 6.61 Å². The van der Waals surface area contributed by atoms with Crippen LogP contribution in [0.4, 0.5) is 0 Å². The molecule has 0 aliphatic heterocycles. The van der Waals surface area contributed by atoms with E-state index >= 15 is 0 Å². The summed E-state index contributed by atoms with van der Waals surface area (Å²) in [5, 5.41) is 9.33. The highest BCUT2D eigenvalue weighted by Crippen LogP contribution is 2.32. The van der Waals surface area contributed by atoms with Crippen molar-refractivity contribution in [3.8, 4) is 11.5 Å². The highest BCUT2D eigenvalue weighted by molar-refractivity contribution is 5.92. The molecule has 1 aromatic rings. The van der Waals surface area contributed by atoms with E-state index in [4.69, 9.17) is 9.47 Å². The van der Waals surface area contributed by atoms with Crippen molar-refractivity contribution in [3.05, 3.63) is 23.8 Å². The molecule has 0 unspecified atom stereocenters. The molecule has 0 spiro atoms. The molecule has 0 saturated heterocycles. The largest absolute Gasteiger partial charge is 0.489 e. The molecule has 5 nitrogen and oxygen atoms in total. The SMILES string of the molecule is CCCCCCCCCCCCCCCCOc1c(OC(C)=O)cccc1C(=O)O. The van der Waals surface area contributed by atoms with Crippen LogP contribution in [0.1, 0.15) is 114 Å².